The minimum atomic E-state index is -0.415. The molecule has 10 heteroatoms. The SMILES string of the molecule is [C-]#[N+]c1ccc(-c2cc(-c3ccccc3)nc(-c3ccc(B4OC(C)(C)C(C)(C)O4)cc3)n2)cc1.[C-]#[N+]c1ccc(-c2cc(-c3ccccc3)nc(-c3ccc(Cl)cc3)n2)cc1. The molecule has 0 bridgehead atoms. The van der Waals surface area contributed by atoms with E-state index >= 15 is 0 Å². The molecule has 3 heterocycles. The first-order valence-electron chi connectivity index (χ1n) is 20.1. The predicted octanol–water partition coefficient (Wildman–Crippen LogP) is 13.0. The van der Waals surface area contributed by atoms with Crippen LogP contribution in [0.15, 0.2) is 170 Å². The van der Waals surface area contributed by atoms with Crippen LogP contribution in [0, 0.1) is 13.1 Å². The maximum Gasteiger partial charge on any atom is 0.494 e. The van der Waals surface area contributed by atoms with E-state index in [-0.39, 0.29) is 11.2 Å². The summed E-state index contributed by atoms with van der Waals surface area (Å²) in [5, 5.41) is 0.674. The van der Waals surface area contributed by atoms with Crippen LogP contribution < -0.4 is 5.46 Å². The van der Waals surface area contributed by atoms with Gasteiger partial charge < -0.3 is 9.31 Å². The van der Waals surface area contributed by atoms with Crippen molar-refractivity contribution in [1.29, 1.82) is 0 Å². The average Bonchev–Trinajstić information content (AvgIpc) is 3.55. The van der Waals surface area contributed by atoms with E-state index in [4.69, 9.17) is 54.0 Å². The lowest BCUT2D eigenvalue weighted by Crippen LogP contribution is -2.41. The first kappa shape index (κ1) is 41.5. The van der Waals surface area contributed by atoms with Crippen LogP contribution in [0.3, 0.4) is 0 Å². The number of nitrogens with zero attached hydrogens (tertiary/aromatic N) is 6. The van der Waals surface area contributed by atoms with Crippen molar-refractivity contribution in [2.75, 3.05) is 0 Å². The Balaban J connectivity index is 0.000000176. The number of rotatable bonds is 7. The molecule has 0 radical (unpaired) electrons. The Kier molecular flexibility index (Phi) is 11.9. The molecule has 0 saturated carbocycles. The largest absolute Gasteiger partial charge is 0.494 e. The third-order valence-corrected chi connectivity index (χ3v) is 11.2. The highest BCUT2D eigenvalue weighted by Gasteiger charge is 2.51. The zero-order valence-corrected chi connectivity index (χ0v) is 35.4. The number of halogens is 1. The molecule has 9 rings (SSSR count). The van der Waals surface area contributed by atoms with Gasteiger partial charge in [0.25, 0.3) is 0 Å². The highest BCUT2D eigenvalue weighted by molar-refractivity contribution is 6.62. The molecule has 0 amide bonds. The third kappa shape index (κ3) is 9.22. The predicted molar refractivity (Wildman–Crippen MR) is 250 cm³/mol. The molecule has 1 saturated heterocycles. The summed E-state index contributed by atoms with van der Waals surface area (Å²) in [6, 6.07) is 54.5. The summed E-state index contributed by atoms with van der Waals surface area (Å²) in [6.45, 7) is 22.5. The Hall–Kier alpha value is -7.27. The average molecular weight is 827 g/mol. The van der Waals surface area contributed by atoms with Gasteiger partial charge in [0.2, 0.25) is 0 Å². The lowest BCUT2D eigenvalue weighted by molar-refractivity contribution is 0.00578. The van der Waals surface area contributed by atoms with Crippen molar-refractivity contribution in [3.63, 3.8) is 0 Å². The van der Waals surface area contributed by atoms with Crippen LogP contribution in [0.2, 0.25) is 5.02 Å². The van der Waals surface area contributed by atoms with Crippen LogP contribution >= 0.6 is 11.6 Å². The summed E-state index contributed by atoms with van der Waals surface area (Å²) in [5.74, 6) is 1.27. The molecule has 8 nitrogen and oxygen atoms in total. The van der Waals surface area contributed by atoms with Gasteiger partial charge in [-0.25, -0.2) is 29.6 Å². The molecule has 6 aromatic carbocycles. The zero-order chi connectivity index (χ0) is 43.3. The van der Waals surface area contributed by atoms with Crippen LogP contribution in [0.1, 0.15) is 27.7 Å². The molecule has 8 aromatic rings. The smallest absolute Gasteiger partial charge is 0.399 e. The maximum absolute atomic E-state index is 7.22. The van der Waals surface area contributed by atoms with E-state index in [0.29, 0.717) is 28.0 Å². The van der Waals surface area contributed by atoms with Crippen molar-refractivity contribution < 1.29 is 9.31 Å². The topological polar surface area (TPSA) is 78.7 Å². The van der Waals surface area contributed by atoms with Gasteiger partial charge in [0.1, 0.15) is 0 Å². The Bertz CT molecular complexity index is 2900. The molecule has 62 heavy (non-hydrogen) atoms. The van der Waals surface area contributed by atoms with Gasteiger partial charge in [-0.15, -0.1) is 0 Å². The first-order valence-corrected chi connectivity index (χ1v) is 20.4. The number of benzene rings is 6. The van der Waals surface area contributed by atoms with Crippen LogP contribution in [-0.4, -0.2) is 38.3 Å². The van der Waals surface area contributed by atoms with Gasteiger partial charge in [0, 0.05) is 27.3 Å². The van der Waals surface area contributed by atoms with Crippen LogP contribution in [-0.2, 0) is 9.31 Å². The molecule has 0 spiro atoms. The fourth-order valence-electron chi connectivity index (χ4n) is 6.74. The molecule has 0 N–H and O–H groups in total. The molecular formula is C52H40BClN6O2. The fourth-order valence-corrected chi connectivity index (χ4v) is 6.87. The Morgan fingerprint density at radius 1 is 0.435 bits per heavy atom. The molecule has 1 aliphatic rings. The van der Waals surface area contributed by atoms with Crippen molar-refractivity contribution in [3.8, 4) is 67.8 Å². The van der Waals surface area contributed by atoms with E-state index in [0.717, 1.165) is 61.6 Å². The van der Waals surface area contributed by atoms with Gasteiger partial charge >= 0.3 is 7.12 Å². The number of hydrogen-bond acceptors (Lipinski definition) is 6. The van der Waals surface area contributed by atoms with Gasteiger partial charge in [-0.3, -0.25) is 0 Å². The molecule has 1 aliphatic heterocycles. The molecule has 0 aliphatic carbocycles. The second kappa shape index (κ2) is 17.8. The Labute approximate surface area is 367 Å². The minimum absolute atomic E-state index is 0.388. The number of hydrogen-bond donors (Lipinski definition) is 0. The van der Waals surface area contributed by atoms with Crippen molar-refractivity contribution in [1.82, 2.24) is 19.9 Å². The van der Waals surface area contributed by atoms with E-state index in [9.17, 15) is 0 Å². The van der Waals surface area contributed by atoms with Crippen LogP contribution in [0.25, 0.3) is 77.5 Å². The number of aromatic nitrogens is 4. The Morgan fingerprint density at radius 3 is 1.11 bits per heavy atom. The van der Waals surface area contributed by atoms with Crippen molar-refractivity contribution in [3.05, 3.63) is 198 Å². The molecular weight excluding hydrogens is 787 g/mol. The highest BCUT2D eigenvalue weighted by atomic mass is 35.5. The minimum Gasteiger partial charge on any atom is -0.399 e. The van der Waals surface area contributed by atoms with Gasteiger partial charge in [-0.05, 0) is 80.7 Å². The molecule has 0 atom stereocenters. The molecule has 2 aromatic heterocycles. The first-order chi connectivity index (χ1) is 30.0. The quantitative estimate of drug-likeness (QED) is 0.118. The second-order valence-corrected chi connectivity index (χ2v) is 16.1. The highest BCUT2D eigenvalue weighted by Crippen LogP contribution is 2.37. The zero-order valence-electron chi connectivity index (χ0n) is 34.6. The fraction of sp³-hybridized carbons (Fsp3) is 0.115. The van der Waals surface area contributed by atoms with Gasteiger partial charge in [-0.2, -0.15) is 0 Å². The van der Waals surface area contributed by atoms with Gasteiger partial charge in [0.05, 0.1) is 47.1 Å². The van der Waals surface area contributed by atoms with E-state index < -0.39 is 7.12 Å². The maximum atomic E-state index is 7.22. The van der Waals surface area contributed by atoms with E-state index in [1.54, 1.807) is 12.1 Å². The Morgan fingerprint density at radius 2 is 0.758 bits per heavy atom. The van der Waals surface area contributed by atoms with Gasteiger partial charge in [-0.1, -0.05) is 145 Å². The normalized spacial score (nSPS) is 13.6. The lowest BCUT2D eigenvalue weighted by Gasteiger charge is -2.32. The van der Waals surface area contributed by atoms with Crippen molar-refractivity contribution in [2.45, 2.75) is 38.9 Å². The summed E-state index contributed by atoms with van der Waals surface area (Å²) in [6.07, 6.45) is 0. The van der Waals surface area contributed by atoms with E-state index in [1.807, 2.05) is 158 Å². The van der Waals surface area contributed by atoms with Crippen molar-refractivity contribution >= 4 is 35.6 Å². The summed E-state index contributed by atoms with van der Waals surface area (Å²) >= 11 is 6.02. The summed E-state index contributed by atoms with van der Waals surface area (Å²) in [4.78, 5) is 26.2. The summed E-state index contributed by atoms with van der Waals surface area (Å²) in [7, 11) is -0.415. The molecule has 0 unspecified atom stereocenters. The van der Waals surface area contributed by atoms with Gasteiger partial charge in [0.15, 0.2) is 23.0 Å². The standard InChI is InChI=1S/C29H26BN3O2.C23H14ClN3/c1-28(2)29(3,4)35-30(34-28)23-15-11-22(12-16-23)27-32-25(20-9-7-6-8-10-20)19-26(33-27)21-13-17-24(31-5)18-14-21;1-25-20-13-9-17(10-14-20)22-15-21(16-5-3-2-4-6-16)26-23(27-22)18-7-11-19(24)12-8-18/h6-19H,1-4H3;2-15H. The third-order valence-electron chi connectivity index (χ3n) is 11.0. The van der Waals surface area contributed by atoms with Crippen LogP contribution in [0.5, 0.6) is 0 Å². The summed E-state index contributed by atoms with van der Waals surface area (Å²) < 4.78 is 12.4. The molecule has 1 fully saturated rings. The summed E-state index contributed by atoms with van der Waals surface area (Å²) in [5.41, 5.74) is 10.4. The molecule has 300 valence electrons. The second-order valence-electron chi connectivity index (χ2n) is 15.7. The van der Waals surface area contributed by atoms with Crippen molar-refractivity contribution in [2.24, 2.45) is 0 Å². The van der Waals surface area contributed by atoms with E-state index in [1.165, 1.54) is 0 Å². The van der Waals surface area contributed by atoms with Crippen LogP contribution in [0.4, 0.5) is 11.4 Å². The van der Waals surface area contributed by atoms with E-state index in [2.05, 4.69) is 37.4 Å². The monoisotopic (exact) mass is 826 g/mol. The lowest BCUT2D eigenvalue weighted by atomic mass is 9.79.